The number of rotatable bonds is 7. The number of carbonyl (C=O) groups excluding carboxylic acids is 1. The van der Waals surface area contributed by atoms with E-state index in [-0.39, 0.29) is 11.9 Å². The normalized spacial score (nSPS) is 17.3. The lowest BCUT2D eigenvalue weighted by Gasteiger charge is -2.21. The van der Waals surface area contributed by atoms with Crippen LogP contribution in [-0.4, -0.2) is 34.9 Å². The van der Waals surface area contributed by atoms with E-state index in [0.717, 1.165) is 12.0 Å². The second kappa shape index (κ2) is 8.35. The smallest absolute Gasteiger partial charge is 0.266 e. The maximum Gasteiger partial charge on any atom is 0.266 e. The van der Waals surface area contributed by atoms with E-state index in [0.29, 0.717) is 27.3 Å². The van der Waals surface area contributed by atoms with Crippen molar-refractivity contribution in [2.24, 2.45) is 0 Å². The van der Waals surface area contributed by atoms with Crippen molar-refractivity contribution in [3.05, 3.63) is 41.3 Å². The third-order valence-electron chi connectivity index (χ3n) is 3.70. The van der Waals surface area contributed by atoms with Gasteiger partial charge in [0.05, 0.1) is 12.0 Å². The lowest BCUT2D eigenvalue weighted by Crippen LogP contribution is -2.36. The van der Waals surface area contributed by atoms with Gasteiger partial charge in [-0.2, -0.15) is 0 Å². The van der Waals surface area contributed by atoms with Gasteiger partial charge in [-0.3, -0.25) is 9.69 Å². The molecular weight excluding hydrogens is 342 g/mol. The van der Waals surface area contributed by atoms with Gasteiger partial charge >= 0.3 is 0 Å². The molecule has 128 valence electrons. The van der Waals surface area contributed by atoms with Gasteiger partial charge in [-0.05, 0) is 37.1 Å². The Bertz CT molecular complexity index is 685. The zero-order valence-electron chi connectivity index (χ0n) is 14.1. The summed E-state index contributed by atoms with van der Waals surface area (Å²) in [4.78, 5) is 14.9. The Kier molecular flexibility index (Phi) is 6.45. The molecule has 24 heavy (non-hydrogen) atoms. The highest BCUT2D eigenvalue weighted by atomic mass is 32.2. The third kappa shape index (κ3) is 3.99. The second-order valence-electron chi connectivity index (χ2n) is 5.32. The van der Waals surface area contributed by atoms with Crippen LogP contribution >= 0.6 is 24.0 Å². The Balaban J connectivity index is 2.26. The zero-order valence-corrected chi connectivity index (χ0v) is 15.7. The van der Waals surface area contributed by atoms with Crippen LogP contribution in [0.25, 0.3) is 6.08 Å². The fourth-order valence-electron chi connectivity index (χ4n) is 2.24. The van der Waals surface area contributed by atoms with Crippen LogP contribution in [0.1, 0.15) is 25.8 Å². The van der Waals surface area contributed by atoms with Gasteiger partial charge < -0.3 is 9.47 Å². The maximum atomic E-state index is 12.6. The Hall–Kier alpha value is -1.79. The molecule has 1 aromatic carbocycles. The number of ether oxygens (including phenoxy) is 2. The lowest BCUT2D eigenvalue weighted by molar-refractivity contribution is -0.123. The molecular formula is C18H21NO3S2. The molecule has 1 heterocycles. The summed E-state index contributed by atoms with van der Waals surface area (Å²) in [5.41, 5.74) is 0.863. The van der Waals surface area contributed by atoms with E-state index < -0.39 is 0 Å². The van der Waals surface area contributed by atoms with Gasteiger partial charge in [0.1, 0.15) is 10.9 Å². The van der Waals surface area contributed by atoms with Gasteiger partial charge in [0.2, 0.25) is 0 Å². The number of hydrogen-bond acceptors (Lipinski definition) is 5. The highest BCUT2D eigenvalue weighted by Gasteiger charge is 2.34. The predicted molar refractivity (Wildman–Crippen MR) is 103 cm³/mol. The van der Waals surface area contributed by atoms with Crippen LogP contribution < -0.4 is 9.47 Å². The van der Waals surface area contributed by atoms with Crippen molar-refractivity contribution >= 4 is 40.3 Å². The molecule has 0 unspecified atom stereocenters. The first-order valence-corrected chi connectivity index (χ1v) is 8.93. The van der Waals surface area contributed by atoms with E-state index >= 15 is 0 Å². The summed E-state index contributed by atoms with van der Waals surface area (Å²) >= 11 is 6.68. The summed E-state index contributed by atoms with van der Waals surface area (Å²) in [6, 6.07) is 5.65. The summed E-state index contributed by atoms with van der Waals surface area (Å²) in [7, 11) is 1.59. The lowest BCUT2D eigenvalue weighted by atomic mass is 10.1. The van der Waals surface area contributed by atoms with Crippen LogP contribution in [-0.2, 0) is 4.79 Å². The summed E-state index contributed by atoms with van der Waals surface area (Å²) < 4.78 is 11.5. The number of thioether (sulfide) groups is 1. The summed E-state index contributed by atoms with van der Waals surface area (Å²) in [6.45, 7) is 8.08. The molecule has 1 aliphatic heterocycles. The molecule has 1 aliphatic rings. The molecule has 0 saturated carbocycles. The molecule has 1 saturated heterocycles. The van der Waals surface area contributed by atoms with Gasteiger partial charge in [-0.15, -0.1) is 0 Å². The average Bonchev–Trinajstić information content (AvgIpc) is 2.86. The number of thiocarbonyl (C=S) groups is 1. The first-order valence-electron chi connectivity index (χ1n) is 7.70. The molecule has 1 amide bonds. The van der Waals surface area contributed by atoms with Gasteiger partial charge in [-0.1, -0.05) is 49.6 Å². The number of hydrogen-bond donors (Lipinski definition) is 0. The van der Waals surface area contributed by atoms with Crippen LogP contribution in [0.2, 0.25) is 0 Å². The monoisotopic (exact) mass is 363 g/mol. The molecule has 1 atom stereocenters. The van der Waals surface area contributed by atoms with E-state index in [2.05, 4.69) is 6.58 Å². The third-order valence-corrected chi connectivity index (χ3v) is 5.03. The Morgan fingerprint density at radius 1 is 1.42 bits per heavy atom. The fourth-order valence-corrected chi connectivity index (χ4v) is 3.70. The van der Waals surface area contributed by atoms with E-state index in [1.54, 1.807) is 18.1 Å². The highest BCUT2D eigenvalue weighted by Crippen LogP contribution is 2.36. The number of carbonyl (C=O) groups is 1. The topological polar surface area (TPSA) is 38.8 Å². The van der Waals surface area contributed by atoms with Gasteiger partial charge in [0.25, 0.3) is 5.91 Å². The molecule has 6 heteroatoms. The fraction of sp³-hybridized carbons (Fsp3) is 0.333. The van der Waals surface area contributed by atoms with Crippen molar-refractivity contribution in [2.45, 2.75) is 26.3 Å². The molecule has 2 rings (SSSR count). The molecule has 1 fully saturated rings. The quantitative estimate of drug-likeness (QED) is 0.411. The largest absolute Gasteiger partial charge is 0.493 e. The van der Waals surface area contributed by atoms with E-state index in [4.69, 9.17) is 21.7 Å². The Morgan fingerprint density at radius 3 is 2.79 bits per heavy atom. The molecule has 0 spiro atoms. The minimum atomic E-state index is -0.0368. The predicted octanol–water partition coefficient (Wildman–Crippen LogP) is 4.26. The SMILES string of the molecule is C=CCOc1ccc(/C=C2\SC(=S)N([C@@H](C)CC)C2=O)cc1OC. The zero-order chi connectivity index (χ0) is 17.7. The summed E-state index contributed by atoms with van der Waals surface area (Å²) in [5.74, 6) is 1.22. The molecule has 0 radical (unpaired) electrons. The Morgan fingerprint density at radius 2 is 2.17 bits per heavy atom. The molecule has 1 aromatic rings. The number of nitrogens with zero attached hydrogens (tertiary/aromatic N) is 1. The maximum absolute atomic E-state index is 12.6. The summed E-state index contributed by atoms with van der Waals surface area (Å²) in [6.07, 6.45) is 4.37. The van der Waals surface area contributed by atoms with Gasteiger partial charge in [0, 0.05) is 6.04 Å². The van der Waals surface area contributed by atoms with Crippen molar-refractivity contribution in [2.75, 3.05) is 13.7 Å². The Labute approximate surface area is 152 Å². The minimum Gasteiger partial charge on any atom is -0.493 e. The van der Waals surface area contributed by atoms with Gasteiger partial charge in [0.15, 0.2) is 11.5 Å². The number of benzene rings is 1. The number of amides is 1. The van der Waals surface area contributed by atoms with E-state index in [1.807, 2.05) is 38.1 Å². The number of methoxy groups -OCH3 is 1. The van der Waals surface area contributed by atoms with Crippen LogP contribution in [0.15, 0.2) is 35.8 Å². The summed E-state index contributed by atoms with van der Waals surface area (Å²) in [5, 5.41) is 0. The molecule has 0 bridgehead atoms. The molecule has 0 aromatic heterocycles. The molecule has 4 nitrogen and oxygen atoms in total. The van der Waals surface area contributed by atoms with Crippen molar-refractivity contribution in [1.29, 1.82) is 0 Å². The van der Waals surface area contributed by atoms with Crippen LogP contribution in [0.4, 0.5) is 0 Å². The standard InChI is InChI=1S/C18H21NO3S2/c1-5-9-22-14-8-7-13(10-15(14)21-4)11-16-17(20)19(12(3)6-2)18(23)24-16/h5,7-8,10-12H,1,6,9H2,2-4H3/b16-11-/t12-/m0/s1. The first-order chi connectivity index (χ1) is 11.5. The van der Waals surface area contributed by atoms with E-state index in [1.165, 1.54) is 11.8 Å². The van der Waals surface area contributed by atoms with Crippen molar-refractivity contribution < 1.29 is 14.3 Å². The van der Waals surface area contributed by atoms with E-state index in [9.17, 15) is 4.79 Å². The van der Waals surface area contributed by atoms with Crippen LogP contribution in [0, 0.1) is 0 Å². The first kappa shape index (κ1) is 18.5. The van der Waals surface area contributed by atoms with Crippen LogP contribution in [0.3, 0.4) is 0 Å². The molecule has 0 aliphatic carbocycles. The highest BCUT2D eigenvalue weighted by molar-refractivity contribution is 8.26. The molecule has 0 N–H and O–H groups in total. The minimum absolute atomic E-state index is 0.0368. The van der Waals surface area contributed by atoms with Gasteiger partial charge in [-0.25, -0.2) is 0 Å². The van der Waals surface area contributed by atoms with Crippen molar-refractivity contribution in [3.8, 4) is 11.5 Å². The van der Waals surface area contributed by atoms with Crippen molar-refractivity contribution in [3.63, 3.8) is 0 Å². The average molecular weight is 364 g/mol. The second-order valence-corrected chi connectivity index (χ2v) is 6.99. The van der Waals surface area contributed by atoms with Crippen molar-refractivity contribution in [1.82, 2.24) is 4.90 Å². The van der Waals surface area contributed by atoms with Crippen LogP contribution in [0.5, 0.6) is 11.5 Å².